The Morgan fingerprint density at radius 1 is 0.964 bits per heavy atom. The molecule has 7 nitrogen and oxygen atoms in total. The lowest BCUT2D eigenvalue weighted by Gasteiger charge is -2.06. The third-order valence-electron chi connectivity index (χ3n) is 4.04. The molecule has 1 aromatic heterocycles. The highest BCUT2D eigenvalue weighted by atomic mass is 127. The topological polar surface area (TPSA) is 77.7 Å². The molecule has 0 N–H and O–H groups in total. The van der Waals surface area contributed by atoms with Crippen LogP contribution in [0.15, 0.2) is 79.1 Å². The number of benzene rings is 3. The van der Waals surface area contributed by atoms with Gasteiger partial charge in [0.15, 0.2) is 5.21 Å². The number of rotatable bonds is 4. The van der Waals surface area contributed by atoms with Gasteiger partial charge in [-0.2, -0.15) is 0 Å². The van der Waals surface area contributed by atoms with E-state index < -0.39 is 4.92 Å². The zero-order valence-electron chi connectivity index (χ0n) is 14.3. The van der Waals surface area contributed by atoms with Crippen LogP contribution in [0.1, 0.15) is 0 Å². The van der Waals surface area contributed by atoms with Crippen molar-refractivity contribution in [2.45, 2.75) is 0 Å². The zero-order chi connectivity index (χ0) is 18.8. The lowest BCUT2D eigenvalue weighted by Crippen LogP contribution is -3.00. The molecule has 1 heterocycles. The minimum absolute atomic E-state index is 0. The molecule has 0 spiro atoms. The van der Waals surface area contributed by atoms with Gasteiger partial charge in [0.05, 0.1) is 11.0 Å². The quantitative estimate of drug-likeness (QED) is 0.177. The molecule has 0 unspecified atom stereocenters. The van der Waals surface area contributed by atoms with E-state index in [0.29, 0.717) is 5.69 Å². The summed E-state index contributed by atoms with van der Waals surface area (Å²) in [6.07, 6.45) is 1.53. The number of tetrazole rings is 1. The maximum atomic E-state index is 11.5. The first-order valence-corrected chi connectivity index (χ1v) is 9.13. The molecule has 0 saturated heterocycles. The van der Waals surface area contributed by atoms with E-state index in [1.54, 1.807) is 15.5 Å². The standard InChI is InChI=1S/C19H13IN5O2.ClH/c20-16-8-6-14(7-9-16)15-10-18(12-19(11-15)25(26)27)23-13-21-22-24(23)17-4-2-1-3-5-17;/h1-13H;1H/q+1;/p-1. The van der Waals surface area contributed by atoms with Gasteiger partial charge in [0.2, 0.25) is 0 Å². The molecule has 0 saturated carbocycles. The Bertz CT molecular complexity index is 1120. The second-order valence-electron chi connectivity index (χ2n) is 5.79. The third kappa shape index (κ3) is 4.02. The van der Waals surface area contributed by atoms with Crippen LogP contribution >= 0.6 is 22.6 Å². The molecular formula is C19H13ClIN5O2. The second kappa shape index (κ2) is 8.44. The SMILES string of the molecule is O=[N+]([O-])c1cc(-c2ccc(I)cc2)cc(-[n+]2cnnn2-c2ccccc2)c1.[Cl-]. The van der Waals surface area contributed by atoms with Crippen molar-refractivity contribution < 1.29 is 22.0 Å². The molecular weight excluding hydrogens is 493 g/mol. The highest BCUT2D eigenvalue weighted by Crippen LogP contribution is 2.27. The van der Waals surface area contributed by atoms with Gasteiger partial charge in [-0.25, -0.2) is 0 Å². The summed E-state index contributed by atoms with van der Waals surface area (Å²) in [6, 6.07) is 22.3. The average Bonchev–Trinajstić information content (AvgIpc) is 3.19. The fraction of sp³-hybridized carbons (Fsp3) is 0. The number of aromatic nitrogens is 4. The van der Waals surface area contributed by atoms with Gasteiger partial charge < -0.3 is 12.4 Å². The Hall–Kier alpha value is -2.85. The maximum absolute atomic E-state index is 11.5. The summed E-state index contributed by atoms with van der Waals surface area (Å²) in [6.45, 7) is 0. The number of nitrogens with zero attached hydrogens (tertiary/aromatic N) is 5. The molecule has 0 radical (unpaired) electrons. The molecule has 0 bridgehead atoms. The Balaban J connectivity index is 0.00000225. The van der Waals surface area contributed by atoms with Gasteiger partial charge in [0, 0.05) is 9.64 Å². The smallest absolute Gasteiger partial charge is 0.294 e. The van der Waals surface area contributed by atoms with E-state index >= 15 is 0 Å². The van der Waals surface area contributed by atoms with E-state index in [4.69, 9.17) is 0 Å². The van der Waals surface area contributed by atoms with Crippen molar-refractivity contribution in [2.75, 3.05) is 0 Å². The van der Waals surface area contributed by atoms with E-state index in [1.807, 2.05) is 60.7 Å². The molecule has 0 amide bonds. The third-order valence-corrected chi connectivity index (χ3v) is 4.76. The summed E-state index contributed by atoms with van der Waals surface area (Å²) in [5, 5.41) is 19.6. The van der Waals surface area contributed by atoms with E-state index in [1.165, 1.54) is 12.4 Å². The molecule has 0 aliphatic carbocycles. The molecule has 4 rings (SSSR count). The van der Waals surface area contributed by atoms with Crippen molar-refractivity contribution in [3.05, 3.63) is 92.8 Å². The van der Waals surface area contributed by atoms with Gasteiger partial charge in [-0.3, -0.25) is 10.1 Å². The van der Waals surface area contributed by atoms with Crippen LogP contribution < -0.4 is 17.1 Å². The van der Waals surface area contributed by atoms with Crippen molar-refractivity contribution in [3.63, 3.8) is 0 Å². The predicted octanol–water partition coefficient (Wildman–Crippen LogP) is 0.728. The van der Waals surface area contributed by atoms with Crippen LogP contribution in [-0.2, 0) is 0 Å². The van der Waals surface area contributed by atoms with Crippen LogP contribution in [0, 0.1) is 13.7 Å². The van der Waals surface area contributed by atoms with Crippen molar-refractivity contribution in [1.82, 2.24) is 15.1 Å². The van der Waals surface area contributed by atoms with Crippen LogP contribution in [0.25, 0.3) is 22.5 Å². The zero-order valence-corrected chi connectivity index (χ0v) is 17.2. The van der Waals surface area contributed by atoms with Crippen molar-refractivity contribution in [1.29, 1.82) is 0 Å². The first-order chi connectivity index (χ1) is 13.1. The molecule has 0 aliphatic heterocycles. The fourth-order valence-corrected chi connectivity index (χ4v) is 3.13. The van der Waals surface area contributed by atoms with E-state index in [9.17, 15) is 10.1 Å². The largest absolute Gasteiger partial charge is 1.00 e. The summed E-state index contributed by atoms with van der Waals surface area (Å²) < 4.78 is 2.78. The van der Waals surface area contributed by atoms with Gasteiger partial charge in [-0.1, -0.05) is 30.3 Å². The lowest BCUT2D eigenvalue weighted by molar-refractivity contribution is -0.680. The van der Waals surface area contributed by atoms with Crippen molar-refractivity contribution >= 4 is 28.3 Å². The molecule has 0 atom stereocenters. The number of hydrogen-bond acceptors (Lipinski definition) is 4. The van der Waals surface area contributed by atoms with Crippen LogP contribution in [0.2, 0.25) is 0 Å². The summed E-state index contributed by atoms with van der Waals surface area (Å²) in [7, 11) is 0. The number of halogens is 2. The van der Waals surface area contributed by atoms with Gasteiger partial charge in [0.1, 0.15) is 16.5 Å². The fourth-order valence-electron chi connectivity index (χ4n) is 2.77. The number of non-ortho nitro benzene ring substituents is 1. The highest BCUT2D eigenvalue weighted by Gasteiger charge is 2.19. The van der Waals surface area contributed by atoms with Gasteiger partial charge in [-0.05, 0) is 68.8 Å². The maximum Gasteiger partial charge on any atom is 0.294 e. The first-order valence-electron chi connectivity index (χ1n) is 8.06. The van der Waals surface area contributed by atoms with E-state index in [-0.39, 0.29) is 18.1 Å². The predicted molar refractivity (Wildman–Crippen MR) is 108 cm³/mol. The Morgan fingerprint density at radius 2 is 1.68 bits per heavy atom. The monoisotopic (exact) mass is 505 g/mol. The second-order valence-corrected chi connectivity index (χ2v) is 7.04. The van der Waals surface area contributed by atoms with Crippen LogP contribution in [0.4, 0.5) is 5.69 Å². The van der Waals surface area contributed by atoms with Crippen LogP contribution in [-0.4, -0.2) is 20.0 Å². The Labute approximate surface area is 180 Å². The Morgan fingerprint density at radius 3 is 2.36 bits per heavy atom. The first kappa shape index (κ1) is 19.9. The molecule has 28 heavy (non-hydrogen) atoms. The highest BCUT2D eigenvalue weighted by molar-refractivity contribution is 14.1. The van der Waals surface area contributed by atoms with Gasteiger partial charge in [0.25, 0.3) is 12.0 Å². The molecule has 4 aromatic rings. The summed E-state index contributed by atoms with van der Waals surface area (Å²) in [5.74, 6) is 0. The molecule has 140 valence electrons. The van der Waals surface area contributed by atoms with E-state index in [0.717, 1.165) is 20.4 Å². The summed E-state index contributed by atoms with van der Waals surface area (Å²) in [5.41, 5.74) is 3.07. The van der Waals surface area contributed by atoms with Gasteiger partial charge >= 0.3 is 0 Å². The van der Waals surface area contributed by atoms with Crippen LogP contribution in [0.5, 0.6) is 0 Å². The summed E-state index contributed by atoms with van der Waals surface area (Å²) >= 11 is 2.23. The van der Waals surface area contributed by atoms with Crippen molar-refractivity contribution in [3.8, 4) is 22.5 Å². The number of para-hydroxylation sites is 1. The van der Waals surface area contributed by atoms with Gasteiger partial charge in [-0.15, -0.1) is 4.68 Å². The average molecular weight is 506 g/mol. The number of hydrogen-bond donors (Lipinski definition) is 0. The molecule has 9 heteroatoms. The number of nitro benzene ring substituents is 1. The lowest BCUT2D eigenvalue weighted by atomic mass is 10.0. The molecule has 0 fully saturated rings. The minimum atomic E-state index is -0.392. The summed E-state index contributed by atoms with van der Waals surface area (Å²) in [4.78, 5) is 12.7. The number of nitro groups is 1. The van der Waals surface area contributed by atoms with Crippen LogP contribution in [0.3, 0.4) is 0 Å². The Kier molecular flexibility index (Phi) is 6.00. The normalized spacial score (nSPS) is 10.3. The molecule has 0 aliphatic rings. The van der Waals surface area contributed by atoms with E-state index in [2.05, 4.69) is 32.9 Å². The minimum Gasteiger partial charge on any atom is -1.00 e. The van der Waals surface area contributed by atoms with Crippen molar-refractivity contribution in [2.24, 2.45) is 0 Å². The molecule has 3 aromatic carbocycles.